The lowest BCUT2D eigenvalue weighted by Gasteiger charge is -2.32. The van der Waals surface area contributed by atoms with E-state index in [1.165, 1.54) is 11.1 Å². The van der Waals surface area contributed by atoms with Gasteiger partial charge in [-0.2, -0.15) is 0 Å². The molecule has 1 aliphatic rings. The van der Waals surface area contributed by atoms with Gasteiger partial charge in [0.05, 0.1) is 4.90 Å². The van der Waals surface area contributed by atoms with E-state index < -0.39 is 10.0 Å². The maximum Gasteiger partial charge on any atom is 0.238 e. The molecule has 134 valence electrons. The number of nitrogens with one attached hydrogen (secondary N) is 1. The van der Waals surface area contributed by atoms with E-state index in [2.05, 4.69) is 12.2 Å². The van der Waals surface area contributed by atoms with Crippen LogP contribution in [0.4, 0.5) is 0 Å². The van der Waals surface area contributed by atoms with Gasteiger partial charge in [-0.15, -0.1) is 0 Å². The lowest BCUT2D eigenvalue weighted by molar-refractivity contribution is 0.403. The lowest BCUT2D eigenvalue weighted by Crippen LogP contribution is -2.38. The zero-order valence-electron chi connectivity index (χ0n) is 14.3. The van der Waals surface area contributed by atoms with E-state index in [9.17, 15) is 13.5 Å². The van der Waals surface area contributed by atoms with Gasteiger partial charge in [0.2, 0.25) is 10.0 Å². The fourth-order valence-electron chi connectivity index (χ4n) is 3.54. The molecule has 6 heteroatoms. The molecule has 0 aromatic heterocycles. The van der Waals surface area contributed by atoms with Gasteiger partial charge < -0.3 is 10.4 Å². The van der Waals surface area contributed by atoms with Gasteiger partial charge in [0.1, 0.15) is 5.75 Å². The van der Waals surface area contributed by atoms with Gasteiger partial charge in [-0.05, 0) is 72.7 Å². The number of hydrogen-bond donors (Lipinski definition) is 3. The van der Waals surface area contributed by atoms with Gasteiger partial charge in [-0.3, -0.25) is 0 Å². The summed E-state index contributed by atoms with van der Waals surface area (Å²) in [6.45, 7) is 3.01. The second-order valence-electron chi connectivity index (χ2n) is 6.71. The van der Waals surface area contributed by atoms with Crippen LogP contribution in [-0.2, 0) is 22.9 Å². The van der Waals surface area contributed by atoms with Crippen LogP contribution in [0.25, 0.3) is 0 Å². The molecule has 0 spiro atoms. The van der Waals surface area contributed by atoms with Gasteiger partial charge in [0.25, 0.3) is 0 Å². The summed E-state index contributed by atoms with van der Waals surface area (Å²) in [5.74, 6) is 0.668. The number of phenols is 1. The first kappa shape index (κ1) is 17.9. The van der Waals surface area contributed by atoms with Crippen LogP contribution >= 0.6 is 0 Å². The predicted molar refractivity (Wildman–Crippen MR) is 98.2 cm³/mol. The molecule has 4 N–H and O–H groups in total. The Labute approximate surface area is 148 Å². The number of aromatic hydroxyl groups is 1. The number of fused-ring (bicyclic) bond motifs is 1. The summed E-state index contributed by atoms with van der Waals surface area (Å²) in [7, 11) is -3.63. The molecule has 2 atom stereocenters. The van der Waals surface area contributed by atoms with Gasteiger partial charge in [-0.25, -0.2) is 13.6 Å². The van der Waals surface area contributed by atoms with E-state index in [-0.39, 0.29) is 4.90 Å². The maximum absolute atomic E-state index is 11.3. The second kappa shape index (κ2) is 7.15. The standard InChI is InChI=1S/C19H24N2O3S/c1-13-18-12-16(22)6-4-15(18)5-9-19(13)21-11-10-14-2-7-17(8-3-14)25(20,23)24/h2-4,6-8,12-13,19,21-22H,5,9-11H2,1H3,(H2,20,23,24). The van der Waals surface area contributed by atoms with Crippen LogP contribution in [0.1, 0.15) is 36.0 Å². The van der Waals surface area contributed by atoms with Crippen molar-refractivity contribution in [2.45, 2.75) is 43.0 Å². The number of phenolic OH excluding ortho intramolecular Hbond substituents is 1. The van der Waals surface area contributed by atoms with Crippen LogP contribution < -0.4 is 10.5 Å². The van der Waals surface area contributed by atoms with E-state index in [1.54, 1.807) is 30.3 Å². The average molecular weight is 360 g/mol. The first-order valence-electron chi connectivity index (χ1n) is 8.51. The fraction of sp³-hybridized carbons (Fsp3) is 0.368. The first-order valence-corrected chi connectivity index (χ1v) is 10.1. The van der Waals surface area contributed by atoms with Crippen LogP contribution in [0.3, 0.4) is 0 Å². The van der Waals surface area contributed by atoms with Crippen molar-refractivity contribution in [3.63, 3.8) is 0 Å². The Morgan fingerprint density at radius 1 is 1.20 bits per heavy atom. The molecular weight excluding hydrogens is 336 g/mol. The molecule has 0 saturated carbocycles. The van der Waals surface area contributed by atoms with Crippen LogP contribution in [-0.4, -0.2) is 26.1 Å². The van der Waals surface area contributed by atoms with Gasteiger partial charge in [-0.1, -0.05) is 25.1 Å². The van der Waals surface area contributed by atoms with Crippen molar-refractivity contribution in [3.8, 4) is 5.75 Å². The number of rotatable bonds is 5. The van der Waals surface area contributed by atoms with Crippen molar-refractivity contribution >= 4 is 10.0 Å². The van der Waals surface area contributed by atoms with E-state index >= 15 is 0 Å². The summed E-state index contributed by atoms with van der Waals surface area (Å²) < 4.78 is 22.5. The third-order valence-corrected chi connectivity index (χ3v) is 5.95. The Balaban J connectivity index is 1.57. The average Bonchev–Trinajstić information content (AvgIpc) is 2.57. The summed E-state index contributed by atoms with van der Waals surface area (Å²) in [6.07, 6.45) is 2.91. The Morgan fingerprint density at radius 3 is 2.60 bits per heavy atom. The molecular formula is C19H24N2O3S. The molecule has 0 bridgehead atoms. The molecule has 3 rings (SSSR count). The zero-order chi connectivity index (χ0) is 18.0. The highest BCUT2D eigenvalue weighted by Gasteiger charge is 2.25. The maximum atomic E-state index is 11.3. The number of benzene rings is 2. The van der Waals surface area contributed by atoms with Crippen molar-refractivity contribution in [1.29, 1.82) is 0 Å². The third kappa shape index (κ3) is 4.21. The summed E-state index contributed by atoms with van der Waals surface area (Å²) in [6, 6.07) is 12.7. The third-order valence-electron chi connectivity index (χ3n) is 5.02. The number of nitrogens with two attached hydrogens (primary N) is 1. The predicted octanol–water partition coefficient (Wildman–Crippen LogP) is 2.29. The topological polar surface area (TPSA) is 92.4 Å². The number of hydrogen-bond acceptors (Lipinski definition) is 4. The van der Waals surface area contributed by atoms with Gasteiger partial charge in [0, 0.05) is 6.04 Å². The molecule has 1 aliphatic carbocycles. The molecule has 2 aromatic carbocycles. The monoisotopic (exact) mass is 360 g/mol. The van der Waals surface area contributed by atoms with Crippen molar-refractivity contribution in [3.05, 3.63) is 59.2 Å². The number of aryl methyl sites for hydroxylation is 1. The van der Waals surface area contributed by atoms with E-state index in [0.717, 1.165) is 31.4 Å². The molecule has 2 unspecified atom stereocenters. The number of primary sulfonamides is 1. The highest BCUT2D eigenvalue weighted by atomic mass is 32.2. The van der Waals surface area contributed by atoms with Crippen molar-refractivity contribution in [2.24, 2.45) is 5.14 Å². The van der Waals surface area contributed by atoms with E-state index in [1.807, 2.05) is 12.1 Å². The van der Waals surface area contributed by atoms with E-state index in [4.69, 9.17) is 5.14 Å². The Bertz CT molecular complexity index is 847. The van der Waals surface area contributed by atoms with Gasteiger partial charge >= 0.3 is 0 Å². The summed E-state index contributed by atoms with van der Waals surface area (Å²) in [5.41, 5.74) is 3.62. The molecule has 0 amide bonds. The van der Waals surface area contributed by atoms with Gasteiger partial charge in [0.15, 0.2) is 0 Å². The SMILES string of the molecule is CC1c2cc(O)ccc2CCC1NCCc1ccc(S(N)(=O)=O)cc1. The lowest BCUT2D eigenvalue weighted by atomic mass is 9.80. The summed E-state index contributed by atoms with van der Waals surface area (Å²) in [5, 5.41) is 18.4. The molecule has 0 aliphatic heterocycles. The molecule has 0 fully saturated rings. The second-order valence-corrected chi connectivity index (χ2v) is 8.27. The zero-order valence-corrected chi connectivity index (χ0v) is 15.1. The largest absolute Gasteiger partial charge is 0.508 e. The quantitative estimate of drug-likeness (QED) is 0.763. The highest BCUT2D eigenvalue weighted by molar-refractivity contribution is 7.89. The van der Waals surface area contributed by atoms with Crippen LogP contribution in [0.5, 0.6) is 5.75 Å². The molecule has 0 radical (unpaired) electrons. The molecule has 5 nitrogen and oxygen atoms in total. The Hall–Kier alpha value is -1.89. The molecule has 2 aromatic rings. The normalized spacial score (nSPS) is 20.2. The van der Waals surface area contributed by atoms with Crippen molar-refractivity contribution < 1.29 is 13.5 Å². The minimum atomic E-state index is -3.63. The first-order chi connectivity index (χ1) is 11.8. The van der Waals surface area contributed by atoms with Crippen molar-refractivity contribution in [2.75, 3.05) is 6.54 Å². The summed E-state index contributed by atoms with van der Waals surface area (Å²) in [4.78, 5) is 0.140. The van der Waals surface area contributed by atoms with Crippen LogP contribution in [0, 0.1) is 0 Å². The van der Waals surface area contributed by atoms with E-state index in [0.29, 0.717) is 17.7 Å². The smallest absolute Gasteiger partial charge is 0.238 e. The molecule has 25 heavy (non-hydrogen) atoms. The fourth-order valence-corrected chi connectivity index (χ4v) is 4.05. The van der Waals surface area contributed by atoms with Crippen LogP contribution in [0.2, 0.25) is 0 Å². The Kier molecular flexibility index (Phi) is 5.13. The Morgan fingerprint density at radius 2 is 1.92 bits per heavy atom. The van der Waals surface area contributed by atoms with Crippen LogP contribution in [0.15, 0.2) is 47.4 Å². The molecule has 0 heterocycles. The minimum Gasteiger partial charge on any atom is -0.508 e. The molecule has 0 saturated heterocycles. The summed E-state index contributed by atoms with van der Waals surface area (Å²) >= 11 is 0. The highest BCUT2D eigenvalue weighted by Crippen LogP contribution is 2.33. The minimum absolute atomic E-state index is 0.140. The number of sulfonamides is 1. The van der Waals surface area contributed by atoms with Crippen molar-refractivity contribution in [1.82, 2.24) is 5.32 Å².